The third-order valence-corrected chi connectivity index (χ3v) is 4.15. The van der Waals surface area contributed by atoms with E-state index in [-0.39, 0.29) is 18.6 Å². The van der Waals surface area contributed by atoms with E-state index in [4.69, 9.17) is 4.74 Å². The van der Waals surface area contributed by atoms with Crippen LogP contribution in [0.4, 0.5) is 0 Å². The Morgan fingerprint density at radius 3 is 2.95 bits per heavy atom. The lowest BCUT2D eigenvalue weighted by Crippen LogP contribution is -2.44. The smallest absolute Gasteiger partial charge is 0.237 e. The Morgan fingerprint density at radius 1 is 1.52 bits per heavy atom. The van der Waals surface area contributed by atoms with Crippen LogP contribution in [0, 0.1) is 5.92 Å². The van der Waals surface area contributed by atoms with Crippen LogP contribution in [0.25, 0.3) is 0 Å². The highest BCUT2D eigenvalue weighted by molar-refractivity contribution is 5.81. The van der Waals surface area contributed by atoms with Crippen LogP contribution in [0.2, 0.25) is 0 Å². The highest BCUT2D eigenvalue weighted by atomic mass is 16.5. The van der Waals surface area contributed by atoms with Gasteiger partial charge in [0, 0.05) is 25.3 Å². The molecule has 5 heteroatoms. The number of nitrogens with zero attached hydrogens (tertiary/aromatic N) is 1. The van der Waals surface area contributed by atoms with Gasteiger partial charge in [-0.3, -0.25) is 9.69 Å². The maximum Gasteiger partial charge on any atom is 0.237 e. The zero-order valence-corrected chi connectivity index (χ0v) is 12.7. The summed E-state index contributed by atoms with van der Waals surface area (Å²) in [6.45, 7) is 4.24. The van der Waals surface area contributed by atoms with Gasteiger partial charge in [0.2, 0.25) is 5.91 Å². The fourth-order valence-corrected chi connectivity index (χ4v) is 2.71. The summed E-state index contributed by atoms with van der Waals surface area (Å²) >= 11 is 0. The Labute approximate surface area is 125 Å². The second-order valence-electron chi connectivity index (χ2n) is 5.54. The highest BCUT2D eigenvalue weighted by Crippen LogP contribution is 2.19. The van der Waals surface area contributed by atoms with E-state index < -0.39 is 0 Å². The van der Waals surface area contributed by atoms with Crippen LogP contribution in [0.1, 0.15) is 18.9 Å². The molecule has 2 N–H and O–H groups in total. The van der Waals surface area contributed by atoms with Crippen LogP contribution >= 0.6 is 0 Å². The number of likely N-dealkylation sites (tertiary alicyclic amines) is 1. The minimum Gasteiger partial charge on any atom is -0.496 e. The monoisotopic (exact) mass is 292 g/mol. The fraction of sp³-hybridized carbons (Fsp3) is 0.562. The first-order valence-corrected chi connectivity index (χ1v) is 7.40. The number of para-hydroxylation sites is 1. The summed E-state index contributed by atoms with van der Waals surface area (Å²) in [6, 6.07) is 7.50. The number of benzene rings is 1. The molecule has 0 radical (unpaired) electrons. The molecule has 0 saturated carbocycles. The molecule has 116 valence electrons. The molecule has 0 bridgehead atoms. The van der Waals surface area contributed by atoms with Crippen LogP contribution in [0.3, 0.4) is 0 Å². The minimum absolute atomic E-state index is 0.0134. The van der Waals surface area contributed by atoms with Gasteiger partial charge in [0.05, 0.1) is 13.2 Å². The normalized spacial score (nSPS) is 20.2. The predicted octanol–water partition coefficient (Wildman–Crippen LogP) is 1.01. The standard InChI is InChI=1S/C16H24N2O3/c1-12(18-8-7-13(10-18)11-19)16(20)17-9-14-5-3-4-6-15(14)21-2/h3-6,12-13,19H,7-11H2,1-2H3,(H,17,20). The highest BCUT2D eigenvalue weighted by Gasteiger charge is 2.28. The van der Waals surface area contributed by atoms with E-state index in [1.807, 2.05) is 31.2 Å². The topological polar surface area (TPSA) is 61.8 Å². The Morgan fingerprint density at radius 2 is 2.29 bits per heavy atom. The SMILES string of the molecule is COc1ccccc1CNC(=O)C(C)N1CCC(CO)C1. The number of ether oxygens (including phenoxy) is 1. The number of methoxy groups -OCH3 is 1. The second-order valence-corrected chi connectivity index (χ2v) is 5.54. The molecule has 2 rings (SSSR count). The molecule has 1 amide bonds. The molecule has 21 heavy (non-hydrogen) atoms. The first kappa shape index (κ1) is 15.8. The Kier molecular flexibility index (Phi) is 5.59. The third kappa shape index (κ3) is 3.95. The van der Waals surface area contributed by atoms with E-state index >= 15 is 0 Å². The summed E-state index contributed by atoms with van der Waals surface area (Å²) in [7, 11) is 1.63. The van der Waals surface area contributed by atoms with Crippen LogP contribution in [0.5, 0.6) is 5.75 Å². The van der Waals surface area contributed by atoms with Gasteiger partial charge in [0.15, 0.2) is 0 Å². The van der Waals surface area contributed by atoms with Gasteiger partial charge in [-0.1, -0.05) is 18.2 Å². The minimum atomic E-state index is -0.170. The van der Waals surface area contributed by atoms with Gasteiger partial charge in [-0.2, -0.15) is 0 Å². The maximum absolute atomic E-state index is 12.2. The van der Waals surface area contributed by atoms with Gasteiger partial charge in [0.25, 0.3) is 0 Å². The number of hydrogen-bond donors (Lipinski definition) is 2. The zero-order chi connectivity index (χ0) is 15.2. The van der Waals surface area contributed by atoms with Gasteiger partial charge >= 0.3 is 0 Å². The number of hydrogen-bond acceptors (Lipinski definition) is 4. The molecule has 0 aliphatic carbocycles. The molecular weight excluding hydrogens is 268 g/mol. The molecule has 1 aromatic carbocycles. The number of rotatable bonds is 6. The molecule has 1 fully saturated rings. The molecule has 2 unspecified atom stereocenters. The number of carbonyl (C=O) groups is 1. The van der Waals surface area contributed by atoms with Gasteiger partial charge in [-0.25, -0.2) is 0 Å². The quantitative estimate of drug-likeness (QED) is 0.821. The summed E-state index contributed by atoms with van der Waals surface area (Å²) in [4.78, 5) is 14.4. The predicted molar refractivity (Wildman–Crippen MR) is 81.1 cm³/mol. The maximum atomic E-state index is 12.2. The van der Waals surface area contributed by atoms with Crippen molar-refractivity contribution >= 4 is 5.91 Å². The molecule has 0 spiro atoms. The van der Waals surface area contributed by atoms with Gasteiger partial charge in [-0.05, 0) is 31.9 Å². The average molecular weight is 292 g/mol. The number of carbonyl (C=O) groups excluding carboxylic acids is 1. The molecular formula is C16H24N2O3. The van der Waals surface area contributed by atoms with Crippen LogP contribution in [-0.4, -0.2) is 48.8 Å². The molecule has 1 aliphatic rings. The van der Waals surface area contributed by atoms with Gasteiger partial charge in [0.1, 0.15) is 5.75 Å². The number of aliphatic hydroxyl groups excluding tert-OH is 1. The van der Waals surface area contributed by atoms with E-state index in [1.165, 1.54) is 0 Å². The summed E-state index contributed by atoms with van der Waals surface area (Å²) in [5.74, 6) is 1.10. The van der Waals surface area contributed by atoms with E-state index in [9.17, 15) is 9.90 Å². The molecule has 1 aliphatic heterocycles. The molecule has 5 nitrogen and oxygen atoms in total. The fourth-order valence-electron chi connectivity index (χ4n) is 2.71. The van der Waals surface area contributed by atoms with Crippen LogP contribution in [-0.2, 0) is 11.3 Å². The summed E-state index contributed by atoms with van der Waals surface area (Å²) < 4.78 is 5.28. The van der Waals surface area contributed by atoms with Crippen molar-refractivity contribution in [2.45, 2.75) is 25.9 Å². The van der Waals surface area contributed by atoms with Crippen molar-refractivity contribution in [3.8, 4) is 5.75 Å². The molecule has 1 saturated heterocycles. The Balaban J connectivity index is 1.87. The number of nitrogens with one attached hydrogen (secondary N) is 1. The van der Waals surface area contributed by atoms with Crippen molar-refractivity contribution in [2.75, 3.05) is 26.8 Å². The Bertz CT molecular complexity index is 478. The summed E-state index contributed by atoms with van der Waals surface area (Å²) in [5.41, 5.74) is 0.968. The summed E-state index contributed by atoms with van der Waals surface area (Å²) in [6.07, 6.45) is 0.959. The van der Waals surface area contributed by atoms with Crippen LogP contribution in [0.15, 0.2) is 24.3 Å². The lowest BCUT2D eigenvalue weighted by Gasteiger charge is -2.23. The first-order chi connectivity index (χ1) is 10.2. The lowest BCUT2D eigenvalue weighted by atomic mass is 10.1. The zero-order valence-electron chi connectivity index (χ0n) is 12.7. The van der Waals surface area contributed by atoms with Crippen molar-refractivity contribution in [3.63, 3.8) is 0 Å². The largest absolute Gasteiger partial charge is 0.496 e. The van der Waals surface area contributed by atoms with Crippen molar-refractivity contribution in [1.82, 2.24) is 10.2 Å². The van der Waals surface area contributed by atoms with Gasteiger partial charge < -0.3 is 15.2 Å². The van der Waals surface area contributed by atoms with E-state index in [0.29, 0.717) is 12.5 Å². The first-order valence-electron chi connectivity index (χ1n) is 7.40. The van der Waals surface area contributed by atoms with Crippen molar-refractivity contribution in [2.24, 2.45) is 5.92 Å². The number of amides is 1. The lowest BCUT2D eigenvalue weighted by molar-refractivity contribution is -0.125. The van der Waals surface area contributed by atoms with E-state index in [0.717, 1.165) is 30.8 Å². The second kappa shape index (κ2) is 7.43. The third-order valence-electron chi connectivity index (χ3n) is 4.15. The average Bonchev–Trinajstić information content (AvgIpc) is 3.01. The summed E-state index contributed by atoms with van der Waals surface area (Å²) in [5, 5.41) is 12.1. The van der Waals surface area contributed by atoms with Gasteiger partial charge in [-0.15, -0.1) is 0 Å². The molecule has 2 atom stereocenters. The van der Waals surface area contributed by atoms with E-state index in [2.05, 4.69) is 10.2 Å². The Hall–Kier alpha value is -1.59. The van der Waals surface area contributed by atoms with Crippen molar-refractivity contribution in [1.29, 1.82) is 0 Å². The molecule has 1 heterocycles. The van der Waals surface area contributed by atoms with Crippen molar-refractivity contribution in [3.05, 3.63) is 29.8 Å². The number of aliphatic hydroxyl groups is 1. The van der Waals surface area contributed by atoms with Crippen molar-refractivity contribution < 1.29 is 14.6 Å². The molecule has 0 aromatic heterocycles. The van der Waals surface area contributed by atoms with E-state index in [1.54, 1.807) is 7.11 Å². The van der Waals surface area contributed by atoms with Crippen LogP contribution < -0.4 is 10.1 Å². The molecule has 1 aromatic rings.